The summed E-state index contributed by atoms with van der Waals surface area (Å²) < 4.78 is 18.3. The average Bonchev–Trinajstić information content (AvgIpc) is 2.53. The fourth-order valence-corrected chi connectivity index (χ4v) is 1.90. The highest BCUT2D eigenvalue weighted by Crippen LogP contribution is 2.17. The predicted octanol–water partition coefficient (Wildman–Crippen LogP) is 2.54. The van der Waals surface area contributed by atoms with Crippen molar-refractivity contribution < 1.29 is 14.3 Å². The third kappa shape index (κ3) is 3.62. The molecule has 0 aliphatic rings. The Labute approximate surface area is 121 Å². The summed E-state index contributed by atoms with van der Waals surface area (Å²) in [6, 6.07) is 11.6. The van der Waals surface area contributed by atoms with Crippen molar-refractivity contribution in [2.75, 3.05) is 12.4 Å². The lowest BCUT2D eigenvalue weighted by Gasteiger charge is -2.11. The Bertz CT molecular complexity index is 642. The number of rotatable bonds is 5. The van der Waals surface area contributed by atoms with E-state index in [1.165, 1.54) is 12.1 Å². The number of hydrogen-bond acceptors (Lipinski definition) is 4. The van der Waals surface area contributed by atoms with Crippen LogP contribution in [0, 0.1) is 5.82 Å². The SMILES string of the molecule is COc1ccc(NCc2ccc(F)cc2C(N)=NO)cc1. The minimum absolute atomic E-state index is 0.124. The van der Waals surface area contributed by atoms with E-state index < -0.39 is 5.82 Å². The van der Waals surface area contributed by atoms with E-state index in [1.54, 1.807) is 13.2 Å². The van der Waals surface area contributed by atoms with Gasteiger partial charge in [0.05, 0.1) is 7.11 Å². The molecule has 0 aliphatic carbocycles. The Balaban J connectivity index is 2.15. The number of amidine groups is 1. The van der Waals surface area contributed by atoms with E-state index in [9.17, 15) is 4.39 Å². The number of oxime groups is 1. The van der Waals surface area contributed by atoms with Crippen LogP contribution in [0.1, 0.15) is 11.1 Å². The zero-order valence-corrected chi connectivity index (χ0v) is 11.5. The summed E-state index contributed by atoms with van der Waals surface area (Å²) >= 11 is 0. The molecular weight excluding hydrogens is 273 g/mol. The van der Waals surface area contributed by atoms with Gasteiger partial charge >= 0.3 is 0 Å². The van der Waals surface area contributed by atoms with Crippen LogP contribution in [0.5, 0.6) is 5.75 Å². The van der Waals surface area contributed by atoms with Crippen LogP contribution in [0.3, 0.4) is 0 Å². The molecule has 2 rings (SSSR count). The Morgan fingerprint density at radius 3 is 2.62 bits per heavy atom. The van der Waals surface area contributed by atoms with Gasteiger partial charge in [-0.1, -0.05) is 11.2 Å². The van der Waals surface area contributed by atoms with Gasteiger partial charge in [-0.15, -0.1) is 0 Å². The molecule has 0 unspecified atom stereocenters. The first kappa shape index (κ1) is 14.6. The van der Waals surface area contributed by atoms with Crippen LogP contribution >= 0.6 is 0 Å². The molecule has 0 saturated carbocycles. The molecule has 0 amide bonds. The number of ether oxygens (including phenoxy) is 1. The highest BCUT2D eigenvalue weighted by atomic mass is 19.1. The van der Waals surface area contributed by atoms with E-state index in [2.05, 4.69) is 10.5 Å². The van der Waals surface area contributed by atoms with Crippen molar-refractivity contribution in [2.45, 2.75) is 6.54 Å². The number of methoxy groups -OCH3 is 1. The summed E-state index contributed by atoms with van der Waals surface area (Å²) in [6.45, 7) is 0.415. The standard InChI is InChI=1S/C15H16FN3O2/c1-21-13-6-4-12(5-7-13)18-9-10-2-3-11(16)8-14(10)15(17)19-20/h2-8,18,20H,9H2,1H3,(H2,17,19). The molecule has 0 heterocycles. The van der Waals surface area contributed by atoms with E-state index in [0.29, 0.717) is 12.1 Å². The number of anilines is 1. The van der Waals surface area contributed by atoms with E-state index in [-0.39, 0.29) is 5.84 Å². The molecule has 110 valence electrons. The second-order valence-corrected chi connectivity index (χ2v) is 4.37. The first-order chi connectivity index (χ1) is 10.1. The van der Waals surface area contributed by atoms with Crippen LogP contribution in [0.4, 0.5) is 10.1 Å². The van der Waals surface area contributed by atoms with Crippen molar-refractivity contribution >= 4 is 11.5 Å². The van der Waals surface area contributed by atoms with Crippen LogP contribution in [-0.4, -0.2) is 18.2 Å². The molecular formula is C15H16FN3O2. The van der Waals surface area contributed by atoms with Gasteiger partial charge in [-0.05, 0) is 42.0 Å². The first-order valence-corrected chi connectivity index (χ1v) is 6.28. The Morgan fingerprint density at radius 2 is 2.00 bits per heavy atom. The number of nitrogens with two attached hydrogens (primary N) is 1. The third-order valence-corrected chi connectivity index (χ3v) is 3.03. The molecule has 0 aromatic heterocycles. The summed E-state index contributed by atoms with van der Waals surface area (Å²) in [4.78, 5) is 0. The Kier molecular flexibility index (Phi) is 4.61. The molecule has 6 heteroatoms. The average molecular weight is 289 g/mol. The van der Waals surface area contributed by atoms with Crippen LogP contribution < -0.4 is 15.8 Å². The lowest BCUT2D eigenvalue weighted by atomic mass is 10.1. The molecule has 0 aliphatic heterocycles. The lowest BCUT2D eigenvalue weighted by molar-refractivity contribution is 0.318. The molecule has 0 bridgehead atoms. The Morgan fingerprint density at radius 1 is 1.29 bits per heavy atom. The maximum absolute atomic E-state index is 13.3. The molecule has 2 aromatic rings. The maximum Gasteiger partial charge on any atom is 0.170 e. The van der Waals surface area contributed by atoms with Crippen molar-refractivity contribution in [3.63, 3.8) is 0 Å². The van der Waals surface area contributed by atoms with E-state index in [4.69, 9.17) is 15.7 Å². The number of nitrogens with zero attached hydrogens (tertiary/aromatic N) is 1. The van der Waals surface area contributed by atoms with Gasteiger partial charge < -0.3 is 21.0 Å². The van der Waals surface area contributed by atoms with Crippen molar-refractivity contribution in [1.82, 2.24) is 0 Å². The summed E-state index contributed by atoms with van der Waals surface area (Å²) in [5, 5.41) is 14.9. The van der Waals surface area contributed by atoms with Gasteiger partial charge in [0.25, 0.3) is 0 Å². The highest BCUT2D eigenvalue weighted by molar-refractivity contribution is 5.98. The second kappa shape index (κ2) is 6.60. The summed E-state index contributed by atoms with van der Waals surface area (Å²) in [7, 11) is 1.60. The molecule has 0 saturated heterocycles. The third-order valence-electron chi connectivity index (χ3n) is 3.03. The van der Waals surface area contributed by atoms with E-state index >= 15 is 0 Å². The number of nitrogens with one attached hydrogen (secondary N) is 1. The smallest absolute Gasteiger partial charge is 0.170 e. The van der Waals surface area contributed by atoms with Gasteiger partial charge in [-0.25, -0.2) is 4.39 Å². The fourth-order valence-electron chi connectivity index (χ4n) is 1.90. The van der Waals surface area contributed by atoms with Gasteiger partial charge in [-0.2, -0.15) is 0 Å². The molecule has 2 aromatic carbocycles. The van der Waals surface area contributed by atoms with Gasteiger partial charge in [0.15, 0.2) is 5.84 Å². The molecule has 0 spiro atoms. The molecule has 4 N–H and O–H groups in total. The minimum atomic E-state index is -0.440. The molecule has 21 heavy (non-hydrogen) atoms. The van der Waals surface area contributed by atoms with Crippen molar-refractivity contribution in [1.29, 1.82) is 0 Å². The van der Waals surface area contributed by atoms with Crippen LogP contribution in [0.15, 0.2) is 47.6 Å². The largest absolute Gasteiger partial charge is 0.497 e. The predicted molar refractivity (Wildman–Crippen MR) is 79.2 cm³/mol. The minimum Gasteiger partial charge on any atom is -0.497 e. The number of hydrogen-bond donors (Lipinski definition) is 3. The van der Waals surface area contributed by atoms with Crippen molar-refractivity contribution in [3.8, 4) is 5.75 Å². The van der Waals surface area contributed by atoms with Crippen LogP contribution in [-0.2, 0) is 6.54 Å². The molecule has 5 nitrogen and oxygen atoms in total. The zero-order chi connectivity index (χ0) is 15.2. The molecule has 0 radical (unpaired) electrons. The lowest BCUT2D eigenvalue weighted by Crippen LogP contribution is -2.17. The van der Waals surface area contributed by atoms with E-state index in [1.807, 2.05) is 24.3 Å². The topological polar surface area (TPSA) is 79.9 Å². The highest BCUT2D eigenvalue weighted by Gasteiger charge is 2.08. The van der Waals surface area contributed by atoms with Crippen LogP contribution in [0.2, 0.25) is 0 Å². The van der Waals surface area contributed by atoms with Gasteiger partial charge in [0, 0.05) is 17.8 Å². The first-order valence-electron chi connectivity index (χ1n) is 6.28. The van der Waals surface area contributed by atoms with E-state index in [0.717, 1.165) is 17.0 Å². The maximum atomic E-state index is 13.3. The monoisotopic (exact) mass is 289 g/mol. The van der Waals surface area contributed by atoms with Crippen molar-refractivity contribution in [3.05, 3.63) is 59.4 Å². The van der Waals surface area contributed by atoms with Gasteiger partial charge in [0.2, 0.25) is 0 Å². The normalized spacial score (nSPS) is 11.2. The second-order valence-electron chi connectivity index (χ2n) is 4.37. The quantitative estimate of drug-likeness (QED) is 0.342. The molecule has 0 atom stereocenters. The van der Waals surface area contributed by atoms with Crippen LogP contribution in [0.25, 0.3) is 0 Å². The molecule has 0 fully saturated rings. The number of benzene rings is 2. The van der Waals surface area contributed by atoms with Gasteiger partial charge in [0.1, 0.15) is 11.6 Å². The summed E-state index contributed by atoms with van der Waals surface area (Å²) in [6.07, 6.45) is 0. The van der Waals surface area contributed by atoms with Gasteiger partial charge in [-0.3, -0.25) is 0 Å². The Hall–Kier alpha value is -2.76. The zero-order valence-electron chi connectivity index (χ0n) is 11.5. The fraction of sp³-hybridized carbons (Fsp3) is 0.133. The number of halogens is 1. The summed E-state index contributed by atoms with van der Waals surface area (Å²) in [5.41, 5.74) is 7.52. The summed E-state index contributed by atoms with van der Waals surface area (Å²) in [5.74, 6) is 0.200. The van der Waals surface area contributed by atoms with Crippen molar-refractivity contribution in [2.24, 2.45) is 10.9 Å².